The van der Waals surface area contributed by atoms with E-state index in [0.717, 1.165) is 56.5 Å². The lowest BCUT2D eigenvalue weighted by Crippen LogP contribution is -2.47. The fraction of sp³-hybridized carbons (Fsp3) is 0.474. The van der Waals surface area contributed by atoms with Gasteiger partial charge in [-0.1, -0.05) is 0 Å². The maximum absolute atomic E-state index is 11.9. The van der Waals surface area contributed by atoms with Gasteiger partial charge in [0.25, 0.3) is 0 Å². The minimum absolute atomic E-state index is 0.135. The normalized spacial score (nSPS) is 18.1. The molecular weight excluding hydrogens is 304 g/mol. The summed E-state index contributed by atoms with van der Waals surface area (Å²) in [4.78, 5) is 27.6. The molecule has 4 rings (SSSR count). The van der Waals surface area contributed by atoms with Gasteiger partial charge in [0.2, 0.25) is 5.91 Å². The monoisotopic (exact) mass is 326 g/mol. The Morgan fingerprint density at radius 2 is 1.79 bits per heavy atom. The predicted octanol–water partition coefficient (Wildman–Crippen LogP) is 1.95. The van der Waals surface area contributed by atoms with Crippen molar-refractivity contribution in [3.63, 3.8) is 0 Å². The molecule has 1 fully saturated rings. The number of carbonyl (C=O) groups is 1. The van der Waals surface area contributed by atoms with E-state index in [1.165, 1.54) is 17.5 Å². The van der Waals surface area contributed by atoms with Gasteiger partial charge in [0.1, 0.15) is 5.58 Å². The lowest BCUT2D eigenvalue weighted by Gasteiger charge is -2.34. The molecule has 24 heavy (non-hydrogen) atoms. The van der Waals surface area contributed by atoms with Crippen molar-refractivity contribution in [2.75, 3.05) is 26.2 Å². The SMILES string of the molecule is CC(=O)N1CCN(Cc2cc(=O)oc3cc4c(cc23)CCC4)CC1. The van der Waals surface area contributed by atoms with Crippen LogP contribution in [0.15, 0.2) is 27.4 Å². The molecule has 0 bridgehead atoms. The number of fused-ring (bicyclic) bond motifs is 2. The molecule has 1 aliphatic carbocycles. The standard InChI is InChI=1S/C19H22N2O3/c1-13(22)21-7-5-20(6-8-21)12-16-11-19(23)24-18-10-15-4-2-3-14(15)9-17(16)18/h9-11H,2-8,12H2,1H3. The maximum atomic E-state index is 11.9. The van der Waals surface area contributed by atoms with Crippen LogP contribution in [0, 0.1) is 0 Å². The first-order valence-electron chi connectivity index (χ1n) is 8.66. The largest absolute Gasteiger partial charge is 0.423 e. The molecule has 0 unspecified atom stereocenters. The summed E-state index contributed by atoms with van der Waals surface area (Å²) >= 11 is 0. The van der Waals surface area contributed by atoms with Gasteiger partial charge >= 0.3 is 5.63 Å². The van der Waals surface area contributed by atoms with Crippen molar-refractivity contribution in [2.45, 2.75) is 32.7 Å². The van der Waals surface area contributed by atoms with Gasteiger partial charge in [0.15, 0.2) is 0 Å². The zero-order chi connectivity index (χ0) is 16.7. The van der Waals surface area contributed by atoms with Crippen LogP contribution < -0.4 is 5.63 Å². The first-order chi connectivity index (χ1) is 11.6. The van der Waals surface area contributed by atoms with Gasteiger partial charge in [0.05, 0.1) is 0 Å². The summed E-state index contributed by atoms with van der Waals surface area (Å²) in [6.07, 6.45) is 3.37. The molecule has 0 radical (unpaired) electrons. The molecule has 126 valence electrons. The average molecular weight is 326 g/mol. The van der Waals surface area contributed by atoms with Crippen molar-refractivity contribution < 1.29 is 9.21 Å². The van der Waals surface area contributed by atoms with E-state index in [-0.39, 0.29) is 11.5 Å². The van der Waals surface area contributed by atoms with Crippen LogP contribution in [0.4, 0.5) is 0 Å². The Morgan fingerprint density at radius 3 is 2.50 bits per heavy atom. The van der Waals surface area contributed by atoms with Crippen LogP contribution in [0.3, 0.4) is 0 Å². The number of amides is 1. The zero-order valence-corrected chi connectivity index (χ0v) is 14.0. The summed E-state index contributed by atoms with van der Waals surface area (Å²) in [5.74, 6) is 0.135. The van der Waals surface area contributed by atoms with E-state index in [4.69, 9.17) is 4.42 Å². The summed E-state index contributed by atoms with van der Waals surface area (Å²) in [5.41, 5.74) is 4.17. The molecule has 2 aliphatic rings. The summed E-state index contributed by atoms with van der Waals surface area (Å²) < 4.78 is 5.44. The molecule has 2 aromatic rings. The van der Waals surface area contributed by atoms with E-state index in [2.05, 4.69) is 17.0 Å². The molecule has 1 aromatic carbocycles. The minimum Gasteiger partial charge on any atom is -0.423 e. The van der Waals surface area contributed by atoms with Crippen LogP contribution in [-0.4, -0.2) is 41.9 Å². The van der Waals surface area contributed by atoms with Crippen LogP contribution in [0.5, 0.6) is 0 Å². The average Bonchev–Trinajstić information content (AvgIpc) is 3.00. The van der Waals surface area contributed by atoms with Crippen molar-refractivity contribution in [3.05, 3.63) is 45.3 Å². The number of rotatable bonds is 2. The molecule has 5 heteroatoms. The number of hydrogen-bond acceptors (Lipinski definition) is 4. The van der Waals surface area contributed by atoms with Crippen molar-refractivity contribution in [1.29, 1.82) is 0 Å². The van der Waals surface area contributed by atoms with Crippen molar-refractivity contribution >= 4 is 16.9 Å². The predicted molar refractivity (Wildman–Crippen MR) is 92.0 cm³/mol. The van der Waals surface area contributed by atoms with Gasteiger partial charge in [-0.05, 0) is 48.1 Å². The topological polar surface area (TPSA) is 53.8 Å². The van der Waals surface area contributed by atoms with Crippen molar-refractivity contribution in [3.8, 4) is 0 Å². The lowest BCUT2D eigenvalue weighted by molar-refractivity contribution is -0.130. The van der Waals surface area contributed by atoms with Crippen LogP contribution in [0.25, 0.3) is 11.0 Å². The number of hydrogen-bond donors (Lipinski definition) is 0. The van der Waals surface area contributed by atoms with Gasteiger partial charge in [-0.2, -0.15) is 0 Å². The number of aryl methyl sites for hydroxylation is 2. The third kappa shape index (κ3) is 2.84. The second-order valence-electron chi connectivity index (χ2n) is 6.84. The maximum Gasteiger partial charge on any atom is 0.336 e. The molecule has 1 aliphatic heterocycles. The van der Waals surface area contributed by atoms with E-state index in [1.807, 2.05) is 4.90 Å². The Bertz CT molecular complexity index is 848. The van der Waals surface area contributed by atoms with Crippen LogP contribution in [-0.2, 0) is 24.2 Å². The second kappa shape index (κ2) is 6.06. The molecule has 1 amide bonds. The van der Waals surface area contributed by atoms with Gasteiger partial charge < -0.3 is 9.32 Å². The van der Waals surface area contributed by atoms with Crippen LogP contribution >= 0.6 is 0 Å². The van der Waals surface area contributed by atoms with E-state index in [0.29, 0.717) is 5.58 Å². The fourth-order valence-electron chi connectivity index (χ4n) is 3.89. The van der Waals surface area contributed by atoms with Crippen LogP contribution in [0.1, 0.15) is 30.0 Å². The molecule has 0 atom stereocenters. The molecule has 0 saturated carbocycles. The van der Waals surface area contributed by atoms with Gasteiger partial charge in [0, 0.05) is 51.1 Å². The smallest absolute Gasteiger partial charge is 0.336 e. The molecule has 1 aromatic heterocycles. The highest BCUT2D eigenvalue weighted by Gasteiger charge is 2.20. The van der Waals surface area contributed by atoms with Gasteiger partial charge in [-0.3, -0.25) is 9.69 Å². The first kappa shape index (κ1) is 15.4. The second-order valence-corrected chi connectivity index (χ2v) is 6.84. The van der Waals surface area contributed by atoms with Crippen molar-refractivity contribution in [2.24, 2.45) is 0 Å². The van der Waals surface area contributed by atoms with E-state index in [1.54, 1.807) is 13.0 Å². The molecule has 0 spiro atoms. The van der Waals surface area contributed by atoms with E-state index >= 15 is 0 Å². The summed E-state index contributed by atoms with van der Waals surface area (Å²) in [6.45, 7) is 5.53. The zero-order valence-electron chi connectivity index (χ0n) is 14.0. The molecule has 0 N–H and O–H groups in total. The molecule has 1 saturated heterocycles. The Kier molecular flexibility index (Phi) is 3.88. The lowest BCUT2D eigenvalue weighted by atomic mass is 10.0. The van der Waals surface area contributed by atoms with Gasteiger partial charge in [-0.15, -0.1) is 0 Å². The summed E-state index contributed by atoms with van der Waals surface area (Å²) in [5, 5.41) is 1.06. The van der Waals surface area contributed by atoms with Gasteiger partial charge in [-0.25, -0.2) is 4.79 Å². The third-order valence-electron chi connectivity index (χ3n) is 5.25. The molecule has 2 heterocycles. The highest BCUT2D eigenvalue weighted by molar-refractivity contribution is 5.82. The quantitative estimate of drug-likeness (QED) is 0.792. The Balaban J connectivity index is 1.62. The summed E-state index contributed by atoms with van der Waals surface area (Å²) in [7, 11) is 0. The molecule has 5 nitrogen and oxygen atoms in total. The number of piperazine rings is 1. The molecular formula is C19H22N2O3. The van der Waals surface area contributed by atoms with E-state index in [9.17, 15) is 9.59 Å². The number of carbonyl (C=O) groups excluding carboxylic acids is 1. The van der Waals surface area contributed by atoms with Crippen LogP contribution in [0.2, 0.25) is 0 Å². The van der Waals surface area contributed by atoms with Crippen molar-refractivity contribution in [1.82, 2.24) is 9.80 Å². The number of benzene rings is 1. The fourth-order valence-corrected chi connectivity index (χ4v) is 3.89. The number of nitrogens with zero attached hydrogens (tertiary/aromatic N) is 2. The highest BCUT2D eigenvalue weighted by atomic mass is 16.4. The summed E-state index contributed by atoms with van der Waals surface area (Å²) in [6, 6.07) is 5.89. The van der Waals surface area contributed by atoms with E-state index < -0.39 is 0 Å². The Hall–Kier alpha value is -2.14. The first-order valence-corrected chi connectivity index (χ1v) is 8.66. The third-order valence-corrected chi connectivity index (χ3v) is 5.25. The highest BCUT2D eigenvalue weighted by Crippen LogP contribution is 2.29. The Labute approximate surface area is 140 Å². The Morgan fingerprint density at radius 1 is 1.08 bits per heavy atom. The minimum atomic E-state index is -0.280.